The molecule has 2 aliphatic heterocycles. The normalized spacial score (nSPS) is 21.8. The van der Waals surface area contributed by atoms with E-state index in [4.69, 9.17) is 14.3 Å². The zero-order valence-corrected chi connectivity index (χ0v) is 16.3. The van der Waals surface area contributed by atoms with Gasteiger partial charge in [0.25, 0.3) is 5.91 Å². The van der Waals surface area contributed by atoms with Crippen LogP contribution in [0.5, 0.6) is 11.5 Å². The van der Waals surface area contributed by atoms with Gasteiger partial charge in [0.2, 0.25) is 6.79 Å². The maximum atomic E-state index is 11.9. The number of oxime groups is 1. The van der Waals surface area contributed by atoms with Crippen LogP contribution in [0.3, 0.4) is 0 Å². The minimum atomic E-state index is -0.140. The van der Waals surface area contributed by atoms with Crippen molar-refractivity contribution in [2.24, 2.45) is 5.16 Å². The Balaban J connectivity index is 1.33. The Morgan fingerprint density at radius 1 is 1.33 bits per heavy atom. The summed E-state index contributed by atoms with van der Waals surface area (Å²) >= 11 is 0. The molecule has 27 heavy (non-hydrogen) atoms. The van der Waals surface area contributed by atoms with Crippen LogP contribution in [0.25, 0.3) is 0 Å². The quantitative estimate of drug-likeness (QED) is 0.405. The lowest BCUT2D eigenvalue weighted by Gasteiger charge is -2.30. The zero-order valence-electron chi connectivity index (χ0n) is 16.3. The molecular weight excluding hydrogens is 346 g/mol. The highest BCUT2D eigenvalue weighted by atomic mass is 16.7. The monoisotopic (exact) mass is 376 g/mol. The second kappa shape index (κ2) is 9.60. The number of piperidine rings is 1. The average Bonchev–Trinajstić information content (AvgIpc) is 3.14. The number of carbonyl (C=O) groups excluding carboxylic acids is 1. The Morgan fingerprint density at radius 2 is 2.19 bits per heavy atom. The Labute approximate surface area is 160 Å². The number of quaternary nitrogens is 1. The van der Waals surface area contributed by atoms with Crippen LogP contribution in [0.15, 0.2) is 23.4 Å². The molecule has 1 aromatic rings. The molecule has 148 valence electrons. The fourth-order valence-corrected chi connectivity index (χ4v) is 3.58. The number of rotatable bonds is 8. The number of nitrogens with zero attached hydrogens (tertiary/aromatic N) is 1. The van der Waals surface area contributed by atoms with Crippen molar-refractivity contribution in [3.05, 3.63) is 23.8 Å². The second-order valence-corrected chi connectivity index (χ2v) is 7.28. The van der Waals surface area contributed by atoms with Crippen LogP contribution in [0.4, 0.5) is 0 Å². The van der Waals surface area contributed by atoms with Gasteiger partial charge in [-0.1, -0.05) is 5.16 Å². The summed E-state index contributed by atoms with van der Waals surface area (Å²) in [7, 11) is 0. The van der Waals surface area contributed by atoms with E-state index in [1.165, 1.54) is 25.8 Å². The molecule has 1 unspecified atom stereocenters. The first kappa shape index (κ1) is 19.5. The molecule has 0 bridgehead atoms. The zero-order chi connectivity index (χ0) is 19.1. The van der Waals surface area contributed by atoms with E-state index in [0.717, 1.165) is 30.3 Å². The summed E-state index contributed by atoms with van der Waals surface area (Å²) in [6.45, 7) is 7.37. The van der Waals surface area contributed by atoms with E-state index in [9.17, 15) is 4.79 Å². The molecule has 7 nitrogen and oxygen atoms in total. The summed E-state index contributed by atoms with van der Waals surface area (Å²) < 4.78 is 10.6. The van der Waals surface area contributed by atoms with Gasteiger partial charge >= 0.3 is 0 Å². The number of likely N-dealkylation sites (tertiary alicyclic amines) is 1. The third kappa shape index (κ3) is 5.60. The van der Waals surface area contributed by atoms with Gasteiger partial charge in [0.15, 0.2) is 18.1 Å². The Kier molecular flexibility index (Phi) is 6.92. The van der Waals surface area contributed by atoms with Crippen molar-refractivity contribution in [3.63, 3.8) is 0 Å². The molecule has 1 aromatic carbocycles. The van der Waals surface area contributed by atoms with Crippen LogP contribution in [0.1, 0.15) is 45.1 Å². The molecular formula is C20H30N3O4+. The second-order valence-electron chi connectivity index (χ2n) is 7.28. The van der Waals surface area contributed by atoms with Gasteiger partial charge in [0.1, 0.15) is 0 Å². The van der Waals surface area contributed by atoms with E-state index in [0.29, 0.717) is 18.0 Å². The van der Waals surface area contributed by atoms with Crippen molar-refractivity contribution in [1.82, 2.24) is 5.32 Å². The first-order chi connectivity index (χ1) is 13.1. The number of amides is 1. The van der Waals surface area contributed by atoms with Gasteiger partial charge in [-0.25, -0.2) is 0 Å². The smallest absolute Gasteiger partial charge is 0.260 e. The molecule has 0 saturated carbocycles. The van der Waals surface area contributed by atoms with E-state index < -0.39 is 0 Å². The van der Waals surface area contributed by atoms with Crippen LogP contribution >= 0.6 is 0 Å². The first-order valence-corrected chi connectivity index (χ1v) is 9.81. The van der Waals surface area contributed by atoms with E-state index in [1.807, 2.05) is 25.1 Å². The SMILES string of the molecule is C/C(=N/OCC(=O)NCCC[NH+]1CCCC[C@H]1C)c1ccc2c(c1)OCO2. The van der Waals surface area contributed by atoms with E-state index in [1.54, 1.807) is 4.90 Å². The van der Waals surface area contributed by atoms with Crippen molar-refractivity contribution in [1.29, 1.82) is 0 Å². The summed E-state index contributed by atoms with van der Waals surface area (Å²) in [6.07, 6.45) is 4.98. The van der Waals surface area contributed by atoms with Gasteiger partial charge in [-0.05, 0) is 51.3 Å². The maximum Gasteiger partial charge on any atom is 0.260 e. The Hall–Kier alpha value is -2.28. The lowest BCUT2D eigenvalue weighted by molar-refractivity contribution is -0.928. The molecule has 0 spiro atoms. The molecule has 0 aliphatic carbocycles. The highest BCUT2D eigenvalue weighted by molar-refractivity contribution is 5.99. The fraction of sp³-hybridized carbons (Fsp3) is 0.600. The largest absolute Gasteiger partial charge is 0.454 e. The molecule has 1 saturated heterocycles. The molecule has 2 aliphatic rings. The van der Waals surface area contributed by atoms with Crippen molar-refractivity contribution < 1.29 is 24.0 Å². The van der Waals surface area contributed by atoms with E-state index in [2.05, 4.69) is 17.4 Å². The van der Waals surface area contributed by atoms with Gasteiger partial charge in [0, 0.05) is 18.5 Å². The number of hydrogen-bond acceptors (Lipinski definition) is 5. The highest BCUT2D eigenvalue weighted by Crippen LogP contribution is 2.32. The number of hydrogen-bond donors (Lipinski definition) is 2. The molecule has 2 atom stereocenters. The van der Waals surface area contributed by atoms with Gasteiger partial charge in [0.05, 0.1) is 24.8 Å². The lowest BCUT2D eigenvalue weighted by Crippen LogP contribution is -3.16. The minimum Gasteiger partial charge on any atom is -0.454 e. The number of benzene rings is 1. The molecule has 1 amide bonds. The van der Waals surface area contributed by atoms with Crippen molar-refractivity contribution in [2.75, 3.05) is 33.0 Å². The van der Waals surface area contributed by atoms with Crippen LogP contribution in [-0.4, -0.2) is 50.7 Å². The number of carbonyl (C=O) groups is 1. The van der Waals surface area contributed by atoms with E-state index in [-0.39, 0.29) is 19.3 Å². The molecule has 2 N–H and O–H groups in total. The number of fused-ring (bicyclic) bond motifs is 1. The van der Waals surface area contributed by atoms with Gasteiger partial charge in [-0.2, -0.15) is 0 Å². The van der Waals surface area contributed by atoms with Crippen molar-refractivity contribution >= 4 is 11.6 Å². The highest BCUT2D eigenvalue weighted by Gasteiger charge is 2.21. The molecule has 0 aromatic heterocycles. The van der Waals surface area contributed by atoms with Crippen LogP contribution in [0.2, 0.25) is 0 Å². The number of nitrogens with one attached hydrogen (secondary N) is 2. The molecule has 1 fully saturated rings. The van der Waals surface area contributed by atoms with Crippen molar-refractivity contribution in [3.8, 4) is 11.5 Å². The fourth-order valence-electron chi connectivity index (χ4n) is 3.58. The molecule has 0 radical (unpaired) electrons. The first-order valence-electron chi connectivity index (χ1n) is 9.81. The summed E-state index contributed by atoms with van der Waals surface area (Å²) in [6, 6.07) is 6.33. The summed E-state index contributed by atoms with van der Waals surface area (Å²) in [5.74, 6) is 1.29. The Morgan fingerprint density at radius 3 is 3.04 bits per heavy atom. The predicted molar refractivity (Wildman–Crippen MR) is 102 cm³/mol. The van der Waals surface area contributed by atoms with Crippen LogP contribution < -0.4 is 19.7 Å². The predicted octanol–water partition coefficient (Wildman–Crippen LogP) is 1.12. The average molecular weight is 376 g/mol. The standard InChI is InChI=1S/C20H29N3O4/c1-15-6-3-4-10-23(15)11-5-9-21-20(24)13-27-22-16(2)17-7-8-18-19(12-17)26-14-25-18/h7-8,12,15H,3-6,9-11,13-14H2,1-2H3,(H,21,24)/p+1/b22-16-/t15-/m1/s1. The van der Waals surface area contributed by atoms with Gasteiger partial charge < -0.3 is 24.5 Å². The third-order valence-electron chi connectivity index (χ3n) is 5.27. The van der Waals surface area contributed by atoms with E-state index >= 15 is 0 Å². The summed E-state index contributed by atoms with van der Waals surface area (Å²) in [5.41, 5.74) is 1.56. The summed E-state index contributed by atoms with van der Waals surface area (Å²) in [5, 5.41) is 6.93. The maximum absolute atomic E-state index is 11.9. The molecule has 2 heterocycles. The van der Waals surface area contributed by atoms with Crippen LogP contribution in [0, 0.1) is 0 Å². The third-order valence-corrected chi connectivity index (χ3v) is 5.27. The van der Waals surface area contributed by atoms with Gasteiger partial charge in [-0.15, -0.1) is 0 Å². The van der Waals surface area contributed by atoms with Crippen LogP contribution in [-0.2, 0) is 9.63 Å². The molecule has 3 rings (SSSR count). The van der Waals surface area contributed by atoms with Crippen molar-refractivity contribution in [2.45, 2.75) is 45.6 Å². The topological polar surface area (TPSA) is 73.6 Å². The molecule has 7 heteroatoms. The lowest BCUT2D eigenvalue weighted by atomic mass is 10.0. The number of ether oxygens (including phenoxy) is 2. The summed E-state index contributed by atoms with van der Waals surface area (Å²) in [4.78, 5) is 18.7. The Bertz CT molecular complexity index is 677. The van der Waals surface area contributed by atoms with Gasteiger partial charge in [-0.3, -0.25) is 4.79 Å². The minimum absolute atomic E-state index is 0.0745.